The van der Waals surface area contributed by atoms with E-state index in [9.17, 15) is 13.2 Å². The topological polar surface area (TPSA) is 72.8 Å². The second-order valence-electron chi connectivity index (χ2n) is 3.40. The first-order chi connectivity index (χ1) is 8.53. The van der Waals surface area contributed by atoms with Crippen LogP contribution in [0.1, 0.15) is 18.9 Å². The lowest BCUT2D eigenvalue weighted by atomic mass is 10.2. The average Bonchev–Trinajstić information content (AvgIpc) is 2.36. The molecule has 0 aliphatic carbocycles. The molecule has 0 unspecified atom stereocenters. The molecule has 6 heteroatoms. The number of nitrogens with zero attached hydrogens (tertiary/aromatic N) is 1. The van der Waals surface area contributed by atoms with Gasteiger partial charge in [-0.2, -0.15) is 8.42 Å². The molecule has 0 amide bonds. The van der Waals surface area contributed by atoms with E-state index >= 15 is 0 Å². The molecule has 0 fully saturated rings. The molecule has 0 aromatic heterocycles. The van der Waals surface area contributed by atoms with Crippen molar-refractivity contribution in [3.05, 3.63) is 34.7 Å². The first-order valence-electron chi connectivity index (χ1n) is 5.22. The molecular weight excluding hydrogens is 254 g/mol. The van der Waals surface area contributed by atoms with Crippen LogP contribution in [0.25, 0.3) is 6.08 Å². The maximum absolute atomic E-state index is 11.6. The molecule has 1 aromatic carbocycles. The lowest BCUT2D eigenvalue weighted by Crippen LogP contribution is -1.99. The van der Waals surface area contributed by atoms with Crippen molar-refractivity contribution in [3.63, 3.8) is 0 Å². The Morgan fingerprint density at radius 2 is 2.00 bits per heavy atom. The highest BCUT2D eigenvalue weighted by Gasteiger charge is 2.14. The number of sulfonamides is 1. The van der Waals surface area contributed by atoms with Gasteiger partial charge in [0.05, 0.1) is 12.0 Å². The Labute approximate surface area is 106 Å². The van der Waals surface area contributed by atoms with E-state index in [0.717, 1.165) is 6.08 Å². The van der Waals surface area contributed by atoms with Crippen molar-refractivity contribution in [3.8, 4) is 5.75 Å². The number of methoxy groups -OCH3 is 1. The minimum Gasteiger partial charge on any atom is -0.497 e. The Bertz CT molecular complexity index is 581. The molecule has 0 heterocycles. The summed E-state index contributed by atoms with van der Waals surface area (Å²) >= 11 is 0. The number of benzene rings is 1. The van der Waals surface area contributed by atoms with Crippen molar-refractivity contribution < 1.29 is 17.9 Å². The van der Waals surface area contributed by atoms with Gasteiger partial charge in [0.15, 0.2) is 0 Å². The fourth-order valence-electron chi connectivity index (χ4n) is 1.35. The molecule has 0 saturated heterocycles. The van der Waals surface area contributed by atoms with Gasteiger partial charge in [-0.25, -0.2) is 4.79 Å². The van der Waals surface area contributed by atoms with Gasteiger partial charge in [0.1, 0.15) is 5.75 Å². The van der Waals surface area contributed by atoms with E-state index in [4.69, 9.17) is 4.74 Å². The van der Waals surface area contributed by atoms with Crippen molar-refractivity contribution in [2.24, 2.45) is 4.40 Å². The van der Waals surface area contributed by atoms with Gasteiger partial charge in [-0.05, 0) is 30.2 Å². The summed E-state index contributed by atoms with van der Waals surface area (Å²) < 4.78 is 31.0. The van der Waals surface area contributed by atoms with Crippen LogP contribution in [0.3, 0.4) is 0 Å². The van der Waals surface area contributed by atoms with Gasteiger partial charge in [0.2, 0.25) is 0 Å². The SMILES string of the molecule is CC/C(=C\c1ccc(OC)cc1)S(=O)(=O)N=C=O. The molecule has 5 nitrogen and oxygen atoms in total. The van der Waals surface area contributed by atoms with Gasteiger partial charge in [-0.1, -0.05) is 23.5 Å². The third-order valence-electron chi connectivity index (χ3n) is 2.28. The molecule has 96 valence electrons. The van der Waals surface area contributed by atoms with Crippen LogP contribution in [0.4, 0.5) is 0 Å². The third-order valence-corrected chi connectivity index (χ3v) is 3.66. The molecule has 0 spiro atoms. The fraction of sp³-hybridized carbons (Fsp3) is 0.250. The monoisotopic (exact) mass is 267 g/mol. The van der Waals surface area contributed by atoms with Crippen LogP contribution in [0.5, 0.6) is 5.75 Å². The zero-order valence-corrected chi connectivity index (χ0v) is 10.9. The standard InChI is InChI=1S/C12H13NO4S/c1-3-12(18(15,16)13-9-14)8-10-4-6-11(17-2)7-5-10/h4-8H,3H2,1-2H3/b12-8+. The first-order valence-corrected chi connectivity index (χ1v) is 6.66. The molecule has 1 aromatic rings. The number of hydrogen-bond donors (Lipinski definition) is 0. The molecule has 1 rings (SSSR count). The predicted molar refractivity (Wildman–Crippen MR) is 68.3 cm³/mol. The van der Waals surface area contributed by atoms with Gasteiger partial charge in [0, 0.05) is 0 Å². The maximum atomic E-state index is 11.6. The average molecular weight is 267 g/mol. The molecule has 0 aliphatic rings. The molecule has 0 atom stereocenters. The Hall–Kier alpha value is -1.91. The van der Waals surface area contributed by atoms with Crippen molar-refractivity contribution in [1.82, 2.24) is 0 Å². The molecule has 0 saturated carbocycles. The van der Waals surface area contributed by atoms with Crippen LogP contribution < -0.4 is 4.74 Å². The summed E-state index contributed by atoms with van der Waals surface area (Å²) in [5, 5.41) is 0. The summed E-state index contributed by atoms with van der Waals surface area (Å²) in [6, 6.07) is 6.87. The quantitative estimate of drug-likeness (QED) is 0.605. The van der Waals surface area contributed by atoms with Gasteiger partial charge in [-0.15, -0.1) is 0 Å². The number of rotatable bonds is 5. The van der Waals surface area contributed by atoms with Gasteiger partial charge in [0.25, 0.3) is 16.1 Å². The highest BCUT2D eigenvalue weighted by molar-refractivity contribution is 7.94. The van der Waals surface area contributed by atoms with Crippen molar-refractivity contribution in [2.45, 2.75) is 13.3 Å². The third kappa shape index (κ3) is 3.55. The van der Waals surface area contributed by atoms with Crippen molar-refractivity contribution in [2.75, 3.05) is 7.11 Å². The molecule has 0 bridgehead atoms. The lowest BCUT2D eigenvalue weighted by molar-refractivity contribution is 0.415. The largest absolute Gasteiger partial charge is 0.497 e. The molecule has 18 heavy (non-hydrogen) atoms. The number of carbonyl (C=O) groups excluding carboxylic acids is 1. The smallest absolute Gasteiger partial charge is 0.288 e. The second kappa shape index (κ2) is 6.14. The summed E-state index contributed by atoms with van der Waals surface area (Å²) in [5.74, 6) is 0.680. The summed E-state index contributed by atoms with van der Waals surface area (Å²) in [4.78, 5) is 10.1. The molecule has 0 aliphatic heterocycles. The van der Waals surface area contributed by atoms with Crippen LogP contribution in [-0.4, -0.2) is 21.6 Å². The van der Waals surface area contributed by atoms with Crippen LogP contribution in [0.2, 0.25) is 0 Å². The second-order valence-corrected chi connectivity index (χ2v) is 5.05. The fourth-order valence-corrected chi connectivity index (χ4v) is 2.22. The first kappa shape index (κ1) is 14.2. The minimum absolute atomic E-state index is 0.0658. The van der Waals surface area contributed by atoms with Gasteiger partial charge in [-0.3, -0.25) is 0 Å². The van der Waals surface area contributed by atoms with Gasteiger partial charge >= 0.3 is 0 Å². The van der Waals surface area contributed by atoms with Crippen LogP contribution in [0, 0.1) is 0 Å². The van der Waals surface area contributed by atoms with Crippen molar-refractivity contribution >= 4 is 22.2 Å². The number of isocyanates is 1. The van der Waals surface area contributed by atoms with Gasteiger partial charge < -0.3 is 4.74 Å². The molecule has 0 N–H and O–H groups in total. The van der Waals surface area contributed by atoms with Crippen LogP contribution >= 0.6 is 0 Å². The highest BCUT2D eigenvalue weighted by Crippen LogP contribution is 2.19. The number of allylic oxidation sites excluding steroid dienone is 1. The van der Waals surface area contributed by atoms with E-state index in [0.29, 0.717) is 11.3 Å². The number of hydrogen-bond acceptors (Lipinski definition) is 4. The molecule has 0 radical (unpaired) electrons. The Morgan fingerprint density at radius 3 is 2.44 bits per heavy atom. The number of ether oxygens (including phenoxy) is 1. The summed E-state index contributed by atoms with van der Waals surface area (Å²) in [6.45, 7) is 1.67. The lowest BCUT2D eigenvalue weighted by Gasteiger charge is -2.02. The van der Waals surface area contributed by atoms with E-state index in [2.05, 4.69) is 4.40 Å². The molecular formula is C12H13NO4S. The Balaban J connectivity index is 3.15. The van der Waals surface area contributed by atoms with E-state index in [1.54, 1.807) is 38.3 Å². The summed E-state index contributed by atoms with van der Waals surface area (Å²) in [7, 11) is -2.36. The highest BCUT2D eigenvalue weighted by atomic mass is 32.2. The van der Waals surface area contributed by atoms with Crippen molar-refractivity contribution in [1.29, 1.82) is 0 Å². The maximum Gasteiger partial charge on any atom is 0.288 e. The summed E-state index contributed by atoms with van der Waals surface area (Å²) in [6.07, 6.45) is 2.77. The predicted octanol–water partition coefficient (Wildman–Crippen LogP) is 2.11. The minimum atomic E-state index is -3.91. The Kier molecular flexibility index (Phi) is 4.83. The van der Waals surface area contributed by atoms with Crippen LogP contribution in [0.15, 0.2) is 33.6 Å². The van der Waals surface area contributed by atoms with E-state index in [1.165, 1.54) is 6.08 Å². The summed E-state index contributed by atoms with van der Waals surface area (Å²) in [5.41, 5.74) is 0.692. The van der Waals surface area contributed by atoms with E-state index < -0.39 is 10.0 Å². The Morgan fingerprint density at radius 1 is 1.39 bits per heavy atom. The van der Waals surface area contributed by atoms with Crippen LogP contribution in [-0.2, 0) is 14.8 Å². The van der Waals surface area contributed by atoms with E-state index in [1.807, 2.05) is 0 Å². The zero-order chi connectivity index (χ0) is 13.6. The van der Waals surface area contributed by atoms with E-state index in [-0.39, 0.29) is 11.3 Å². The normalized spacial score (nSPS) is 11.8. The zero-order valence-electron chi connectivity index (χ0n) is 10.1.